The summed E-state index contributed by atoms with van der Waals surface area (Å²) < 4.78 is 26.7. The zero-order chi connectivity index (χ0) is 21.9. The van der Waals surface area contributed by atoms with Gasteiger partial charge in [0, 0.05) is 45.2 Å². The van der Waals surface area contributed by atoms with Crippen LogP contribution in [0.5, 0.6) is 0 Å². The van der Waals surface area contributed by atoms with Gasteiger partial charge >= 0.3 is 6.03 Å². The quantitative estimate of drug-likeness (QED) is 0.718. The Bertz CT molecular complexity index is 950. The van der Waals surface area contributed by atoms with E-state index in [1.807, 2.05) is 17.0 Å². The maximum Gasteiger partial charge on any atom is 0.320 e. The van der Waals surface area contributed by atoms with E-state index in [1.54, 1.807) is 20.2 Å². The number of urea groups is 1. The standard InChI is InChI=1S/C23H35N3O3S/c1-22(2)20-16-17-15-18(30(28,29)24(4)5)9-10-19(17)23(22,3)11-14-26(20)21(27)25-12-7-6-8-13-25/h9-10,15,20H,6-8,11-14,16H2,1-5H3/t20-,23-/m0/s1. The van der Waals surface area contributed by atoms with Crippen molar-refractivity contribution in [3.05, 3.63) is 29.3 Å². The molecule has 0 saturated carbocycles. The highest BCUT2D eigenvalue weighted by Gasteiger charge is 2.57. The number of amides is 2. The second kappa shape index (κ2) is 7.23. The van der Waals surface area contributed by atoms with Gasteiger partial charge in [-0.05, 0) is 60.8 Å². The molecule has 2 amide bonds. The topological polar surface area (TPSA) is 60.9 Å². The normalized spacial score (nSPS) is 28.4. The summed E-state index contributed by atoms with van der Waals surface area (Å²) in [4.78, 5) is 17.9. The van der Waals surface area contributed by atoms with E-state index in [0.717, 1.165) is 44.5 Å². The molecule has 2 saturated heterocycles. The number of rotatable bonds is 2. The highest BCUT2D eigenvalue weighted by Crippen LogP contribution is 2.56. The fourth-order valence-corrected chi connectivity index (χ4v) is 6.73. The summed E-state index contributed by atoms with van der Waals surface area (Å²) in [6, 6.07) is 5.85. The van der Waals surface area contributed by atoms with Gasteiger partial charge in [0.1, 0.15) is 0 Å². The van der Waals surface area contributed by atoms with Crippen molar-refractivity contribution in [2.75, 3.05) is 33.7 Å². The number of likely N-dealkylation sites (tertiary alicyclic amines) is 2. The molecule has 2 fully saturated rings. The van der Waals surface area contributed by atoms with Gasteiger partial charge in [0.25, 0.3) is 0 Å². The Labute approximate surface area is 181 Å². The third kappa shape index (κ3) is 3.08. The molecule has 2 atom stereocenters. The second-order valence-electron chi connectivity index (χ2n) is 10.2. The van der Waals surface area contributed by atoms with Gasteiger partial charge in [-0.25, -0.2) is 17.5 Å². The number of nitrogens with zero attached hydrogens (tertiary/aromatic N) is 3. The summed E-state index contributed by atoms with van der Waals surface area (Å²) in [6.45, 7) is 9.31. The molecule has 0 radical (unpaired) electrons. The van der Waals surface area contributed by atoms with Crippen molar-refractivity contribution in [3.63, 3.8) is 0 Å². The monoisotopic (exact) mass is 433 g/mol. The zero-order valence-electron chi connectivity index (χ0n) is 18.9. The average molecular weight is 434 g/mol. The minimum atomic E-state index is -3.49. The summed E-state index contributed by atoms with van der Waals surface area (Å²) in [6.07, 6.45) is 4.96. The van der Waals surface area contributed by atoms with Crippen LogP contribution >= 0.6 is 0 Å². The first-order valence-corrected chi connectivity index (χ1v) is 12.6. The number of benzene rings is 1. The number of hydrogen-bond donors (Lipinski definition) is 0. The summed E-state index contributed by atoms with van der Waals surface area (Å²) in [5.41, 5.74) is 2.13. The van der Waals surface area contributed by atoms with Crippen LogP contribution in [0.2, 0.25) is 0 Å². The van der Waals surface area contributed by atoms with E-state index in [9.17, 15) is 13.2 Å². The zero-order valence-corrected chi connectivity index (χ0v) is 19.8. The molecule has 166 valence electrons. The van der Waals surface area contributed by atoms with Crippen LogP contribution in [0.25, 0.3) is 0 Å². The van der Waals surface area contributed by atoms with Crippen LogP contribution < -0.4 is 0 Å². The molecule has 3 aliphatic rings. The molecule has 1 aliphatic carbocycles. The number of fused-ring (bicyclic) bond motifs is 4. The van der Waals surface area contributed by atoms with Gasteiger partial charge in [-0.1, -0.05) is 26.8 Å². The van der Waals surface area contributed by atoms with Crippen LogP contribution in [-0.2, 0) is 21.9 Å². The molecule has 4 rings (SSSR count). The van der Waals surface area contributed by atoms with Crippen LogP contribution in [0.3, 0.4) is 0 Å². The Morgan fingerprint density at radius 3 is 2.37 bits per heavy atom. The SMILES string of the molecule is CN(C)S(=O)(=O)c1ccc2c(c1)C[C@@H]1N(C(=O)N3CCCCC3)CC[C@]2(C)C1(C)C. The van der Waals surface area contributed by atoms with E-state index in [0.29, 0.717) is 11.3 Å². The smallest absolute Gasteiger partial charge is 0.320 e. The first-order valence-electron chi connectivity index (χ1n) is 11.1. The van der Waals surface area contributed by atoms with Gasteiger partial charge in [0.15, 0.2) is 0 Å². The van der Waals surface area contributed by atoms with Crippen LogP contribution in [0.1, 0.15) is 57.6 Å². The number of carbonyl (C=O) groups excluding carboxylic acids is 1. The Morgan fingerprint density at radius 1 is 1.07 bits per heavy atom. The predicted octanol–water partition coefficient (Wildman–Crippen LogP) is 3.46. The molecule has 30 heavy (non-hydrogen) atoms. The van der Waals surface area contributed by atoms with Crippen molar-refractivity contribution in [2.24, 2.45) is 5.41 Å². The van der Waals surface area contributed by atoms with Crippen LogP contribution in [0.4, 0.5) is 4.79 Å². The van der Waals surface area contributed by atoms with Crippen molar-refractivity contribution >= 4 is 16.1 Å². The number of hydrogen-bond acceptors (Lipinski definition) is 3. The third-order valence-electron chi connectivity index (χ3n) is 8.22. The largest absolute Gasteiger partial charge is 0.325 e. The highest BCUT2D eigenvalue weighted by atomic mass is 32.2. The van der Waals surface area contributed by atoms with Crippen LogP contribution in [0, 0.1) is 5.41 Å². The molecule has 2 heterocycles. The summed E-state index contributed by atoms with van der Waals surface area (Å²) in [5.74, 6) is 0. The molecule has 2 aliphatic heterocycles. The van der Waals surface area contributed by atoms with E-state index in [2.05, 4.69) is 25.7 Å². The van der Waals surface area contributed by atoms with Crippen LogP contribution in [-0.4, -0.2) is 68.3 Å². The third-order valence-corrected chi connectivity index (χ3v) is 10.0. The Hall–Kier alpha value is -1.60. The number of sulfonamides is 1. The molecular weight excluding hydrogens is 398 g/mol. The lowest BCUT2D eigenvalue weighted by atomic mass is 9.51. The molecular formula is C23H35N3O3S. The Morgan fingerprint density at radius 2 is 1.73 bits per heavy atom. The number of piperidine rings is 2. The predicted molar refractivity (Wildman–Crippen MR) is 118 cm³/mol. The second-order valence-corrected chi connectivity index (χ2v) is 12.3. The molecule has 0 spiro atoms. The summed E-state index contributed by atoms with van der Waals surface area (Å²) >= 11 is 0. The Kier molecular flexibility index (Phi) is 5.21. The molecule has 6 nitrogen and oxygen atoms in total. The highest BCUT2D eigenvalue weighted by molar-refractivity contribution is 7.89. The van der Waals surface area contributed by atoms with Gasteiger partial charge in [-0.15, -0.1) is 0 Å². The minimum Gasteiger partial charge on any atom is -0.325 e. The summed E-state index contributed by atoms with van der Waals surface area (Å²) in [7, 11) is -0.360. The van der Waals surface area contributed by atoms with E-state index in [4.69, 9.17) is 0 Å². The molecule has 0 aromatic heterocycles. The van der Waals surface area contributed by atoms with E-state index >= 15 is 0 Å². The average Bonchev–Trinajstić information content (AvgIpc) is 2.70. The van der Waals surface area contributed by atoms with Crippen molar-refractivity contribution in [3.8, 4) is 0 Å². The lowest BCUT2D eigenvalue weighted by Crippen LogP contribution is -2.66. The first-order chi connectivity index (χ1) is 14.0. The molecule has 1 aromatic rings. The lowest BCUT2D eigenvalue weighted by molar-refractivity contribution is -0.0243. The maximum atomic E-state index is 13.4. The van der Waals surface area contributed by atoms with Gasteiger partial charge in [-0.3, -0.25) is 0 Å². The molecule has 7 heteroatoms. The fraction of sp³-hybridized carbons (Fsp3) is 0.696. The number of carbonyl (C=O) groups is 1. The van der Waals surface area contributed by atoms with Crippen molar-refractivity contribution in [1.29, 1.82) is 0 Å². The molecule has 0 unspecified atom stereocenters. The lowest BCUT2D eigenvalue weighted by Gasteiger charge is -2.61. The van der Waals surface area contributed by atoms with Gasteiger partial charge in [0.05, 0.1) is 4.90 Å². The molecule has 0 N–H and O–H groups in total. The Balaban J connectivity index is 1.74. The van der Waals surface area contributed by atoms with E-state index < -0.39 is 10.0 Å². The van der Waals surface area contributed by atoms with E-state index in [-0.39, 0.29) is 22.9 Å². The first kappa shape index (κ1) is 21.6. The molecule has 2 bridgehead atoms. The fourth-order valence-electron chi connectivity index (χ4n) is 5.78. The van der Waals surface area contributed by atoms with Crippen molar-refractivity contribution < 1.29 is 13.2 Å². The van der Waals surface area contributed by atoms with Gasteiger partial charge < -0.3 is 9.80 Å². The van der Waals surface area contributed by atoms with Gasteiger partial charge in [0.2, 0.25) is 10.0 Å². The van der Waals surface area contributed by atoms with Gasteiger partial charge in [-0.2, -0.15) is 0 Å². The van der Waals surface area contributed by atoms with Crippen molar-refractivity contribution in [2.45, 2.75) is 69.2 Å². The van der Waals surface area contributed by atoms with Crippen LogP contribution in [0.15, 0.2) is 23.1 Å². The van der Waals surface area contributed by atoms with E-state index in [1.165, 1.54) is 16.3 Å². The van der Waals surface area contributed by atoms with Crippen molar-refractivity contribution in [1.82, 2.24) is 14.1 Å². The maximum absolute atomic E-state index is 13.4. The molecule has 1 aromatic carbocycles. The summed E-state index contributed by atoms with van der Waals surface area (Å²) in [5, 5.41) is 0. The minimum absolute atomic E-state index is 0.0653.